The molecule has 0 fully saturated rings. The molecule has 0 atom stereocenters. The first-order valence-electron chi connectivity index (χ1n) is 9.85. The second-order valence-corrected chi connectivity index (χ2v) is 10.3. The zero-order chi connectivity index (χ0) is 26.9. The van der Waals surface area contributed by atoms with Gasteiger partial charge in [0.2, 0.25) is 0 Å². The Morgan fingerprint density at radius 3 is 1.94 bits per heavy atom. The van der Waals surface area contributed by atoms with Crippen LogP contribution in [0.2, 0.25) is 0 Å². The quantitative estimate of drug-likeness (QED) is 0.354. The molecule has 0 aliphatic rings. The van der Waals surface area contributed by atoms with E-state index in [2.05, 4.69) is 15.9 Å². The van der Waals surface area contributed by atoms with Crippen molar-refractivity contribution in [3.8, 4) is 6.07 Å². The highest BCUT2D eigenvalue weighted by Gasteiger charge is 2.71. The molecule has 1 N–H and O–H groups in total. The summed E-state index contributed by atoms with van der Waals surface area (Å²) in [5.41, 5.74) is -6.48. The van der Waals surface area contributed by atoms with Gasteiger partial charge in [0.1, 0.15) is 0 Å². The number of alkyl halides is 6. The molecule has 0 aromatic heterocycles. The maximum atomic E-state index is 13.5. The lowest BCUT2D eigenvalue weighted by atomic mass is 9.92. The van der Waals surface area contributed by atoms with Gasteiger partial charge < -0.3 is 5.11 Å². The summed E-state index contributed by atoms with van der Waals surface area (Å²) in [4.78, 5) is -0.315. The SMILES string of the molecule is N#Cc1cccc(S(=O)(=O)N(Cc2ccc(Br)cc2)c2ccc(C(O)(C(F)(F)F)C(F)(F)F)cc2)c1. The molecule has 0 bridgehead atoms. The van der Waals surface area contributed by atoms with Crippen molar-refractivity contribution in [1.82, 2.24) is 0 Å². The van der Waals surface area contributed by atoms with Gasteiger partial charge in [-0.15, -0.1) is 0 Å². The first-order chi connectivity index (χ1) is 16.6. The number of nitriles is 1. The molecule has 0 amide bonds. The van der Waals surface area contributed by atoms with E-state index in [9.17, 15) is 39.9 Å². The average Bonchev–Trinajstić information content (AvgIpc) is 2.81. The van der Waals surface area contributed by atoms with Crippen LogP contribution in [0.5, 0.6) is 0 Å². The van der Waals surface area contributed by atoms with Crippen LogP contribution in [0, 0.1) is 11.3 Å². The number of rotatable bonds is 6. The van der Waals surface area contributed by atoms with E-state index in [1.54, 1.807) is 30.3 Å². The fourth-order valence-electron chi connectivity index (χ4n) is 3.28. The average molecular weight is 593 g/mol. The minimum absolute atomic E-state index is 0.0235. The molecule has 0 spiro atoms. The fraction of sp³-hybridized carbons (Fsp3) is 0.174. The molecule has 0 aliphatic carbocycles. The Morgan fingerprint density at radius 1 is 0.889 bits per heavy atom. The molecule has 3 aromatic rings. The highest BCUT2D eigenvalue weighted by molar-refractivity contribution is 9.10. The van der Waals surface area contributed by atoms with Crippen LogP contribution in [0.25, 0.3) is 0 Å². The summed E-state index contributed by atoms with van der Waals surface area (Å²) in [6.07, 6.45) is -12.2. The van der Waals surface area contributed by atoms with Gasteiger partial charge in [-0.3, -0.25) is 4.31 Å². The summed E-state index contributed by atoms with van der Waals surface area (Å²) in [5, 5.41) is 18.7. The first kappa shape index (κ1) is 27.5. The van der Waals surface area contributed by atoms with E-state index in [0.717, 1.165) is 22.5 Å². The van der Waals surface area contributed by atoms with Crippen molar-refractivity contribution in [3.05, 3.63) is 94.0 Å². The molecule has 0 saturated carbocycles. The van der Waals surface area contributed by atoms with Crippen molar-refractivity contribution >= 4 is 31.6 Å². The highest BCUT2D eigenvalue weighted by atomic mass is 79.9. The summed E-state index contributed by atoms with van der Waals surface area (Å²) in [6.45, 7) is -0.339. The van der Waals surface area contributed by atoms with Crippen LogP contribution in [0.1, 0.15) is 16.7 Å². The lowest BCUT2D eigenvalue weighted by Gasteiger charge is -2.33. The second kappa shape index (κ2) is 9.76. The number of hydrogen-bond acceptors (Lipinski definition) is 4. The Hall–Kier alpha value is -3.08. The Morgan fingerprint density at radius 2 is 1.44 bits per heavy atom. The highest BCUT2D eigenvalue weighted by Crippen LogP contribution is 2.50. The van der Waals surface area contributed by atoms with E-state index in [1.165, 1.54) is 18.2 Å². The van der Waals surface area contributed by atoms with E-state index < -0.39 is 33.5 Å². The van der Waals surface area contributed by atoms with E-state index in [0.29, 0.717) is 22.2 Å². The Balaban J connectivity index is 2.14. The second-order valence-electron chi connectivity index (χ2n) is 7.53. The molecule has 13 heteroatoms. The largest absolute Gasteiger partial charge is 0.430 e. The molecule has 36 heavy (non-hydrogen) atoms. The van der Waals surface area contributed by atoms with E-state index in [1.807, 2.05) is 0 Å². The zero-order valence-electron chi connectivity index (χ0n) is 17.8. The lowest BCUT2D eigenvalue weighted by molar-refractivity contribution is -0.376. The number of anilines is 1. The summed E-state index contributed by atoms with van der Waals surface area (Å²) >= 11 is 3.24. The number of halogens is 7. The van der Waals surface area contributed by atoms with E-state index in [4.69, 9.17) is 5.26 Å². The number of aliphatic hydroxyl groups is 1. The lowest BCUT2D eigenvalue weighted by Crippen LogP contribution is -2.53. The van der Waals surface area contributed by atoms with Gasteiger partial charge >= 0.3 is 12.4 Å². The molecule has 190 valence electrons. The van der Waals surface area contributed by atoms with Gasteiger partial charge in [-0.1, -0.05) is 46.3 Å². The smallest absolute Gasteiger partial charge is 0.369 e. The summed E-state index contributed by atoms with van der Waals surface area (Å²) in [6, 6.07) is 15.3. The predicted molar refractivity (Wildman–Crippen MR) is 121 cm³/mol. The van der Waals surface area contributed by atoms with Gasteiger partial charge in [-0.2, -0.15) is 31.6 Å². The summed E-state index contributed by atoms with van der Waals surface area (Å²) in [7, 11) is -4.44. The number of benzene rings is 3. The third-order valence-corrected chi connectivity index (χ3v) is 7.48. The van der Waals surface area contributed by atoms with E-state index in [-0.39, 0.29) is 22.7 Å². The van der Waals surface area contributed by atoms with Crippen LogP contribution in [0.15, 0.2) is 82.2 Å². The molecule has 0 unspecified atom stereocenters. The molecular weight excluding hydrogens is 578 g/mol. The van der Waals surface area contributed by atoms with Crippen molar-refractivity contribution < 1.29 is 39.9 Å². The monoisotopic (exact) mass is 592 g/mol. The van der Waals surface area contributed by atoms with Crippen molar-refractivity contribution in [2.24, 2.45) is 0 Å². The molecule has 5 nitrogen and oxygen atoms in total. The van der Waals surface area contributed by atoms with Crippen LogP contribution < -0.4 is 4.31 Å². The maximum absolute atomic E-state index is 13.5. The molecule has 3 aromatic carbocycles. The molecule has 0 heterocycles. The minimum Gasteiger partial charge on any atom is -0.369 e. The molecule has 0 saturated heterocycles. The van der Waals surface area contributed by atoms with Crippen molar-refractivity contribution in [3.63, 3.8) is 0 Å². The standard InChI is InChI=1S/C23H15BrF6N2O3S/c24-18-8-4-15(5-9-18)14-32(36(34,35)20-3-1-2-16(12-20)13-31)19-10-6-17(7-11-19)21(33,22(25,26)27)23(28,29)30/h1-12,33H,14H2. The zero-order valence-corrected chi connectivity index (χ0v) is 20.2. The van der Waals surface area contributed by atoms with Crippen LogP contribution in [0.4, 0.5) is 32.0 Å². The number of hydrogen-bond donors (Lipinski definition) is 1. The summed E-state index contributed by atoms with van der Waals surface area (Å²) < 4.78 is 108. The third kappa shape index (κ3) is 5.21. The molecular formula is C23H15BrF6N2O3S. The number of sulfonamides is 1. The van der Waals surface area contributed by atoms with Crippen molar-refractivity contribution in [1.29, 1.82) is 5.26 Å². The number of nitrogens with zero attached hydrogens (tertiary/aromatic N) is 2. The van der Waals surface area contributed by atoms with Gasteiger partial charge in [0.25, 0.3) is 15.6 Å². The van der Waals surface area contributed by atoms with Crippen LogP contribution in [-0.4, -0.2) is 25.9 Å². The van der Waals surface area contributed by atoms with Crippen molar-refractivity contribution in [2.45, 2.75) is 29.4 Å². The molecule has 3 rings (SSSR count). The van der Waals surface area contributed by atoms with Gasteiger partial charge in [-0.25, -0.2) is 8.42 Å². The maximum Gasteiger partial charge on any atom is 0.430 e. The van der Waals surface area contributed by atoms with Gasteiger partial charge in [0.15, 0.2) is 0 Å². The van der Waals surface area contributed by atoms with Crippen LogP contribution in [0.3, 0.4) is 0 Å². The first-order valence-corrected chi connectivity index (χ1v) is 12.1. The van der Waals surface area contributed by atoms with Gasteiger partial charge in [-0.05, 0) is 48.0 Å². The molecule has 0 radical (unpaired) electrons. The Kier molecular flexibility index (Phi) is 7.46. The third-order valence-electron chi connectivity index (χ3n) is 5.18. The fourth-order valence-corrected chi connectivity index (χ4v) is 5.04. The normalized spacial score (nSPS) is 12.8. The summed E-state index contributed by atoms with van der Waals surface area (Å²) in [5.74, 6) is 0. The van der Waals surface area contributed by atoms with Gasteiger partial charge in [0, 0.05) is 10.0 Å². The van der Waals surface area contributed by atoms with E-state index >= 15 is 0 Å². The minimum atomic E-state index is -6.09. The van der Waals surface area contributed by atoms with Crippen LogP contribution in [-0.2, 0) is 22.2 Å². The van der Waals surface area contributed by atoms with Crippen molar-refractivity contribution in [2.75, 3.05) is 4.31 Å². The predicted octanol–water partition coefficient (Wildman–Crippen LogP) is 6.03. The Bertz CT molecular complexity index is 1370. The Labute approximate surface area is 210 Å². The molecule has 0 aliphatic heterocycles. The van der Waals surface area contributed by atoms with Gasteiger partial charge in [0.05, 0.1) is 28.8 Å². The van der Waals surface area contributed by atoms with Crippen LogP contribution >= 0.6 is 15.9 Å². The topological polar surface area (TPSA) is 81.4 Å².